The lowest BCUT2D eigenvalue weighted by atomic mass is 10.1. The van der Waals surface area contributed by atoms with Crippen molar-refractivity contribution in [2.24, 2.45) is 4.99 Å². The molecule has 9 nitrogen and oxygen atoms in total. The molecule has 3 aromatic rings. The van der Waals surface area contributed by atoms with Crippen LogP contribution in [0.25, 0.3) is 6.08 Å². The van der Waals surface area contributed by atoms with Crippen LogP contribution in [-0.4, -0.2) is 42.1 Å². The van der Waals surface area contributed by atoms with Crippen LogP contribution >= 0.6 is 0 Å². The molecule has 9 heteroatoms. The van der Waals surface area contributed by atoms with E-state index >= 15 is 0 Å². The van der Waals surface area contributed by atoms with Crippen LogP contribution in [0.15, 0.2) is 71.7 Å². The molecule has 0 fully saturated rings. The lowest BCUT2D eigenvalue weighted by Gasteiger charge is -2.23. The summed E-state index contributed by atoms with van der Waals surface area (Å²) in [6, 6.07) is 21.5. The number of anilines is 1. The summed E-state index contributed by atoms with van der Waals surface area (Å²) in [4.78, 5) is 40.0. The molecule has 0 aliphatic carbocycles. The Morgan fingerprint density at radius 2 is 1.51 bits per heavy atom. The Morgan fingerprint density at radius 1 is 0.837 bits per heavy atom. The minimum atomic E-state index is -1.44. The Bertz CT molecular complexity index is 1600. The van der Waals surface area contributed by atoms with Crippen molar-refractivity contribution in [3.8, 4) is 11.5 Å². The summed E-state index contributed by atoms with van der Waals surface area (Å²) < 4.78 is 6.20. The number of nitrogens with one attached hydrogen (secondary N) is 1. The Hall–Kier alpha value is -4.66. The van der Waals surface area contributed by atoms with Crippen molar-refractivity contribution in [2.75, 3.05) is 18.0 Å². The Morgan fingerprint density at radius 3 is 2.14 bits per heavy atom. The summed E-state index contributed by atoms with van der Waals surface area (Å²) in [5, 5.41) is 23.7. The number of benzene rings is 3. The van der Waals surface area contributed by atoms with Gasteiger partial charge < -0.3 is 30.0 Å². The van der Waals surface area contributed by atoms with E-state index in [9.17, 15) is 19.5 Å². The maximum absolute atomic E-state index is 11.7. The predicted molar refractivity (Wildman–Crippen MR) is 193 cm³/mol. The third-order valence-corrected chi connectivity index (χ3v) is 8.42. The van der Waals surface area contributed by atoms with Crippen molar-refractivity contribution in [3.05, 3.63) is 82.9 Å². The summed E-state index contributed by atoms with van der Waals surface area (Å²) in [5.41, 5.74) is 3.22. The SMILES string of the molecule is CCCCCCCCCCCC(=O)NC(CCC(=O)O)C(=O)[O-].CCN(CC)c1ccc2c(c1)Oc1c/c(=C/c3ccccc3)ccc1=N2. The molecule has 0 saturated heterocycles. The van der Waals surface area contributed by atoms with Gasteiger partial charge in [0.2, 0.25) is 5.91 Å². The molecule has 1 aliphatic rings. The van der Waals surface area contributed by atoms with E-state index in [1.54, 1.807) is 0 Å². The second-order valence-electron chi connectivity index (χ2n) is 12.3. The summed E-state index contributed by atoms with van der Waals surface area (Å²) >= 11 is 0. The molecule has 0 spiro atoms. The van der Waals surface area contributed by atoms with Crippen molar-refractivity contribution in [1.29, 1.82) is 0 Å². The second-order valence-corrected chi connectivity index (χ2v) is 12.3. The van der Waals surface area contributed by atoms with Gasteiger partial charge in [-0.1, -0.05) is 94.7 Å². The van der Waals surface area contributed by atoms with Crippen LogP contribution in [0, 0.1) is 0 Å². The quantitative estimate of drug-likeness (QED) is 0.110. The van der Waals surface area contributed by atoms with E-state index in [0.717, 1.165) is 60.1 Å². The summed E-state index contributed by atoms with van der Waals surface area (Å²) in [6.07, 6.45) is 12.2. The number of ether oxygens (including phenoxy) is 1. The van der Waals surface area contributed by atoms with Gasteiger partial charge in [0.25, 0.3) is 0 Å². The molecule has 1 heterocycles. The van der Waals surface area contributed by atoms with E-state index < -0.39 is 18.0 Å². The molecule has 0 bridgehead atoms. The van der Waals surface area contributed by atoms with E-state index in [1.807, 2.05) is 30.3 Å². The van der Waals surface area contributed by atoms with Gasteiger partial charge in [-0.3, -0.25) is 9.59 Å². The first-order valence-corrected chi connectivity index (χ1v) is 17.8. The van der Waals surface area contributed by atoms with E-state index in [2.05, 4.69) is 73.5 Å². The van der Waals surface area contributed by atoms with Crippen molar-refractivity contribution in [2.45, 2.75) is 104 Å². The van der Waals surface area contributed by atoms with Gasteiger partial charge in [-0.15, -0.1) is 0 Å². The molecular formula is C40H52N3O6-. The van der Waals surface area contributed by atoms with Gasteiger partial charge in [-0.05, 0) is 67.8 Å². The van der Waals surface area contributed by atoms with Crippen LogP contribution < -0.4 is 30.6 Å². The van der Waals surface area contributed by atoms with Crippen molar-refractivity contribution >= 4 is 35.3 Å². The molecule has 1 atom stereocenters. The minimum Gasteiger partial charge on any atom is -0.548 e. The zero-order valence-electron chi connectivity index (χ0n) is 29.3. The zero-order valence-corrected chi connectivity index (χ0v) is 29.3. The minimum absolute atomic E-state index is 0.152. The lowest BCUT2D eigenvalue weighted by molar-refractivity contribution is -0.308. The second kappa shape index (κ2) is 21.3. The first-order valence-electron chi connectivity index (χ1n) is 17.8. The Balaban J connectivity index is 0.000000269. The first-order chi connectivity index (χ1) is 23.7. The highest BCUT2D eigenvalue weighted by molar-refractivity contribution is 5.83. The predicted octanol–water partition coefficient (Wildman–Crippen LogP) is 6.43. The number of amides is 1. The number of carboxylic acids is 2. The number of hydrogen-bond acceptors (Lipinski definition) is 7. The van der Waals surface area contributed by atoms with E-state index in [1.165, 1.54) is 49.8 Å². The fourth-order valence-electron chi connectivity index (χ4n) is 5.63. The molecule has 3 aromatic carbocycles. The molecule has 1 aliphatic heterocycles. The maximum Gasteiger partial charge on any atom is 0.303 e. The Labute approximate surface area is 290 Å². The molecule has 2 N–H and O–H groups in total. The summed E-state index contributed by atoms with van der Waals surface area (Å²) in [7, 11) is 0. The molecular weight excluding hydrogens is 618 g/mol. The fourth-order valence-corrected chi connectivity index (χ4v) is 5.63. The first kappa shape index (κ1) is 38.8. The fraction of sp³-hybridized carbons (Fsp3) is 0.450. The number of carbonyl (C=O) groups excluding carboxylic acids is 2. The van der Waals surface area contributed by atoms with Crippen molar-refractivity contribution in [1.82, 2.24) is 5.32 Å². The van der Waals surface area contributed by atoms with Crippen LogP contribution in [0.3, 0.4) is 0 Å². The lowest BCUT2D eigenvalue weighted by Crippen LogP contribution is -2.48. The number of hydrogen-bond donors (Lipinski definition) is 2. The smallest absolute Gasteiger partial charge is 0.303 e. The molecule has 0 radical (unpaired) electrons. The highest BCUT2D eigenvalue weighted by Crippen LogP contribution is 2.36. The molecule has 1 unspecified atom stereocenters. The van der Waals surface area contributed by atoms with E-state index in [0.29, 0.717) is 0 Å². The van der Waals surface area contributed by atoms with Gasteiger partial charge in [0, 0.05) is 37.7 Å². The van der Waals surface area contributed by atoms with Crippen LogP contribution in [0.5, 0.6) is 11.5 Å². The number of aliphatic carboxylic acids is 2. The van der Waals surface area contributed by atoms with Gasteiger partial charge in [0.1, 0.15) is 11.0 Å². The van der Waals surface area contributed by atoms with Crippen molar-refractivity contribution < 1.29 is 29.3 Å². The van der Waals surface area contributed by atoms with Crippen LogP contribution in [-0.2, 0) is 14.4 Å². The standard InChI is InChI=1S/C23H22N2O.C17H31NO5/c1-3-25(4-2)19-11-13-21-23(16-19)26-22-15-18(10-12-20(22)24-21)14-17-8-6-5-7-9-17;1-2-3-4-5-6-7-8-9-10-11-15(19)18-14(17(22)23)12-13-16(20)21/h5-16H,3-4H2,1-2H3;14H,2-13H2,1H3,(H,18,19)(H,20,21)(H,22,23)/p-1/b18-14+;. The number of unbranched alkanes of at least 4 members (excludes halogenated alkanes) is 8. The topological polar surface area (TPSA) is 131 Å². The number of nitrogens with zero attached hydrogens (tertiary/aromatic N) is 2. The normalized spacial score (nSPS) is 12.3. The van der Waals surface area contributed by atoms with Gasteiger partial charge in [0.05, 0.1) is 12.0 Å². The Kier molecular flexibility index (Phi) is 16.9. The molecule has 264 valence electrons. The van der Waals surface area contributed by atoms with Gasteiger partial charge in [-0.2, -0.15) is 0 Å². The monoisotopic (exact) mass is 670 g/mol. The van der Waals surface area contributed by atoms with Gasteiger partial charge in [0.15, 0.2) is 11.5 Å². The molecule has 1 amide bonds. The average molecular weight is 671 g/mol. The van der Waals surface area contributed by atoms with Gasteiger partial charge >= 0.3 is 5.97 Å². The van der Waals surface area contributed by atoms with Crippen molar-refractivity contribution in [3.63, 3.8) is 0 Å². The van der Waals surface area contributed by atoms with Crippen LogP contribution in [0.4, 0.5) is 11.4 Å². The summed E-state index contributed by atoms with van der Waals surface area (Å²) in [6.45, 7) is 8.46. The molecule has 0 aromatic heterocycles. The zero-order chi connectivity index (χ0) is 35.4. The van der Waals surface area contributed by atoms with Gasteiger partial charge in [-0.25, -0.2) is 4.99 Å². The third kappa shape index (κ3) is 13.8. The number of rotatable bonds is 19. The molecule has 4 rings (SSSR count). The molecule has 0 saturated carbocycles. The van der Waals surface area contributed by atoms with Crippen LogP contribution in [0.1, 0.15) is 103 Å². The highest BCUT2D eigenvalue weighted by Gasteiger charge is 2.16. The average Bonchev–Trinajstić information content (AvgIpc) is 3.09. The maximum atomic E-state index is 11.7. The number of carbonyl (C=O) groups is 3. The molecule has 49 heavy (non-hydrogen) atoms. The third-order valence-electron chi connectivity index (χ3n) is 8.42. The number of carboxylic acid groups (broad SMARTS) is 2. The number of fused-ring (bicyclic) bond motifs is 2. The van der Waals surface area contributed by atoms with E-state index in [4.69, 9.17) is 14.8 Å². The highest BCUT2D eigenvalue weighted by atomic mass is 16.5. The summed E-state index contributed by atoms with van der Waals surface area (Å²) in [5.74, 6) is -1.26. The largest absolute Gasteiger partial charge is 0.548 e. The van der Waals surface area contributed by atoms with Crippen LogP contribution in [0.2, 0.25) is 0 Å². The van der Waals surface area contributed by atoms with E-state index in [-0.39, 0.29) is 25.2 Å².